The molecular formula is C22H27N3O3. The predicted molar refractivity (Wildman–Crippen MR) is 105 cm³/mol. The van der Waals surface area contributed by atoms with Gasteiger partial charge in [0.15, 0.2) is 0 Å². The number of amides is 1. The molecule has 2 aliphatic rings. The fraction of sp³-hybridized carbons (Fsp3) is 0.500. The minimum absolute atomic E-state index is 0.0945. The molecule has 2 aliphatic heterocycles. The van der Waals surface area contributed by atoms with Gasteiger partial charge in [0.05, 0.1) is 0 Å². The number of rotatable bonds is 4. The molecule has 148 valence electrons. The Hall–Kier alpha value is -2.47. The molecule has 1 unspecified atom stereocenters. The quantitative estimate of drug-likeness (QED) is 0.808. The minimum atomic E-state index is 0.0945. The van der Waals surface area contributed by atoms with Crippen LogP contribution in [0.2, 0.25) is 0 Å². The normalized spacial score (nSPS) is 20.8. The number of aryl methyl sites for hydroxylation is 1. The number of nitrogens with zero attached hydrogens (tertiary/aromatic N) is 3. The van der Waals surface area contributed by atoms with Crippen LogP contribution in [0.25, 0.3) is 0 Å². The summed E-state index contributed by atoms with van der Waals surface area (Å²) in [7, 11) is 0. The Morgan fingerprint density at radius 3 is 2.75 bits per heavy atom. The van der Waals surface area contributed by atoms with Crippen molar-refractivity contribution in [3.05, 3.63) is 47.9 Å². The molecule has 2 aromatic rings. The maximum Gasteiger partial charge on any atom is 0.241 e. The molecule has 2 saturated heterocycles. The number of carbonyl (C=O) groups is 1. The largest absolute Gasteiger partial charge is 0.437 e. The average Bonchev–Trinajstić information content (AvgIpc) is 2.76. The number of aromatic nitrogens is 2. The number of para-hydroxylation sites is 1. The molecule has 0 saturated carbocycles. The van der Waals surface area contributed by atoms with Gasteiger partial charge >= 0.3 is 0 Å². The van der Waals surface area contributed by atoms with Crippen molar-refractivity contribution < 1.29 is 14.3 Å². The third kappa shape index (κ3) is 4.17. The van der Waals surface area contributed by atoms with E-state index in [4.69, 9.17) is 9.47 Å². The highest BCUT2D eigenvalue weighted by atomic mass is 16.5. The minimum Gasteiger partial charge on any atom is -0.437 e. The molecule has 2 fully saturated rings. The van der Waals surface area contributed by atoms with Crippen molar-refractivity contribution in [3.8, 4) is 11.6 Å². The first kappa shape index (κ1) is 18.9. The second-order valence-corrected chi connectivity index (χ2v) is 7.62. The molecule has 6 heteroatoms. The maximum absolute atomic E-state index is 13.0. The van der Waals surface area contributed by atoms with Crippen LogP contribution in [0.5, 0.6) is 11.6 Å². The Bertz CT molecular complexity index is 820. The lowest BCUT2D eigenvalue weighted by Crippen LogP contribution is -2.43. The molecule has 1 amide bonds. The molecule has 6 nitrogen and oxygen atoms in total. The zero-order chi connectivity index (χ0) is 19.3. The molecule has 3 heterocycles. The summed E-state index contributed by atoms with van der Waals surface area (Å²) in [5.74, 6) is 1.83. The lowest BCUT2D eigenvalue weighted by atomic mass is 9.92. The van der Waals surface area contributed by atoms with Crippen LogP contribution in [0.3, 0.4) is 0 Å². The summed E-state index contributed by atoms with van der Waals surface area (Å²) >= 11 is 0. The van der Waals surface area contributed by atoms with E-state index in [1.54, 1.807) is 12.4 Å². The van der Waals surface area contributed by atoms with Crippen LogP contribution < -0.4 is 4.74 Å². The van der Waals surface area contributed by atoms with E-state index in [0.717, 1.165) is 49.2 Å². The van der Waals surface area contributed by atoms with E-state index < -0.39 is 0 Å². The zero-order valence-corrected chi connectivity index (χ0v) is 16.3. The number of hydrogen-bond donors (Lipinski definition) is 0. The summed E-state index contributed by atoms with van der Waals surface area (Å²) in [4.78, 5) is 24.0. The molecule has 4 rings (SSSR count). The van der Waals surface area contributed by atoms with Crippen LogP contribution in [0, 0.1) is 12.8 Å². The van der Waals surface area contributed by atoms with Crippen molar-refractivity contribution in [1.29, 1.82) is 0 Å². The highest BCUT2D eigenvalue weighted by molar-refractivity contribution is 5.79. The van der Waals surface area contributed by atoms with Gasteiger partial charge in [-0.25, -0.2) is 4.98 Å². The van der Waals surface area contributed by atoms with E-state index in [0.29, 0.717) is 25.6 Å². The second-order valence-electron chi connectivity index (χ2n) is 7.62. The Labute approximate surface area is 165 Å². The fourth-order valence-electron chi connectivity index (χ4n) is 4.07. The van der Waals surface area contributed by atoms with Gasteiger partial charge in [0.1, 0.15) is 11.4 Å². The van der Waals surface area contributed by atoms with E-state index in [1.165, 1.54) is 0 Å². The molecule has 0 bridgehead atoms. The first-order valence-corrected chi connectivity index (χ1v) is 10.1. The fourth-order valence-corrected chi connectivity index (χ4v) is 4.07. The number of hydrogen-bond acceptors (Lipinski definition) is 5. The van der Waals surface area contributed by atoms with Gasteiger partial charge in [-0.05, 0) is 44.2 Å². The zero-order valence-electron chi connectivity index (χ0n) is 16.3. The first-order chi connectivity index (χ1) is 13.7. The van der Waals surface area contributed by atoms with Crippen LogP contribution in [-0.4, -0.2) is 47.1 Å². The lowest BCUT2D eigenvalue weighted by molar-refractivity contribution is -0.139. The molecular weight excluding hydrogens is 354 g/mol. The van der Waals surface area contributed by atoms with Crippen molar-refractivity contribution in [3.63, 3.8) is 0 Å². The van der Waals surface area contributed by atoms with Crippen molar-refractivity contribution in [2.24, 2.45) is 5.92 Å². The van der Waals surface area contributed by atoms with E-state index >= 15 is 0 Å². The summed E-state index contributed by atoms with van der Waals surface area (Å²) in [5.41, 5.74) is 1.90. The number of piperidine rings is 1. The standard InChI is InChI=1S/C22H27N3O3/c1-16-5-2-3-7-19(16)28-21-20(23-10-11-24-21)18-6-4-12-25(15-18)22(26)17-8-13-27-14-9-17/h2-3,5,7,10-11,17-18H,4,6,8-9,12-15H2,1H3. The Morgan fingerprint density at radius 1 is 1.14 bits per heavy atom. The van der Waals surface area contributed by atoms with Crippen molar-refractivity contribution >= 4 is 5.91 Å². The van der Waals surface area contributed by atoms with Crippen LogP contribution >= 0.6 is 0 Å². The molecule has 1 aromatic heterocycles. The summed E-state index contributed by atoms with van der Waals surface area (Å²) in [6.07, 6.45) is 6.98. The van der Waals surface area contributed by atoms with Gasteiger partial charge in [0, 0.05) is 50.5 Å². The summed E-state index contributed by atoms with van der Waals surface area (Å²) in [5, 5.41) is 0. The van der Waals surface area contributed by atoms with E-state index in [-0.39, 0.29) is 17.7 Å². The first-order valence-electron chi connectivity index (χ1n) is 10.1. The Kier molecular flexibility index (Phi) is 5.86. The topological polar surface area (TPSA) is 64.6 Å². The third-order valence-electron chi connectivity index (χ3n) is 5.68. The summed E-state index contributed by atoms with van der Waals surface area (Å²) in [6, 6.07) is 7.89. The van der Waals surface area contributed by atoms with Crippen molar-refractivity contribution in [2.75, 3.05) is 26.3 Å². The van der Waals surface area contributed by atoms with Gasteiger partial charge in [0.25, 0.3) is 0 Å². The molecule has 0 radical (unpaired) electrons. The van der Waals surface area contributed by atoms with Crippen LogP contribution in [-0.2, 0) is 9.53 Å². The lowest BCUT2D eigenvalue weighted by Gasteiger charge is -2.35. The number of carbonyl (C=O) groups excluding carboxylic acids is 1. The average molecular weight is 381 g/mol. The van der Waals surface area contributed by atoms with E-state index in [1.807, 2.05) is 36.1 Å². The smallest absolute Gasteiger partial charge is 0.241 e. The van der Waals surface area contributed by atoms with Gasteiger partial charge < -0.3 is 14.4 Å². The van der Waals surface area contributed by atoms with Gasteiger partial charge in [-0.15, -0.1) is 0 Å². The SMILES string of the molecule is Cc1ccccc1Oc1nccnc1C1CCCN(C(=O)C2CCOCC2)C1. The summed E-state index contributed by atoms with van der Waals surface area (Å²) in [6.45, 7) is 4.89. The molecule has 0 N–H and O–H groups in total. The Balaban J connectivity index is 1.51. The van der Waals surface area contributed by atoms with Crippen LogP contribution in [0.15, 0.2) is 36.7 Å². The van der Waals surface area contributed by atoms with Crippen LogP contribution in [0.4, 0.5) is 0 Å². The van der Waals surface area contributed by atoms with Gasteiger partial charge in [-0.2, -0.15) is 0 Å². The molecule has 1 atom stereocenters. The van der Waals surface area contributed by atoms with Gasteiger partial charge in [0.2, 0.25) is 11.8 Å². The van der Waals surface area contributed by atoms with Gasteiger partial charge in [-0.1, -0.05) is 18.2 Å². The Morgan fingerprint density at radius 2 is 1.93 bits per heavy atom. The number of ether oxygens (including phenoxy) is 2. The van der Waals surface area contributed by atoms with E-state index in [2.05, 4.69) is 9.97 Å². The van der Waals surface area contributed by atoms with Gasteiger partial charge in [-0.3, -0.25) is 9.78 Å². The molecule has 28 heavy (non-hydrogen) atoms. The highest BCUT2D eigenvalue weighted by Gasteiger charge is 2.32. The van der Waals surface area contributed by atoms with Crippen molar-refractivity contribution in [1.82, 2.24) is 14.9 Å². The molecule has 0 aliphatic carbocycles. The molecule has 1 aromatic carbocycles. The highest BCUT2D eigenvalue weighted by Crippen LogP contribution is 2.34. The summed E-state index contributed by atoms with van der Waals surface area (Å²) < 4.78 is 11.5. The number of benzene rings is 1. The monoisotopic (exact) mass is 381 g/mol. The molecule has 0 spiro atoms. The second kappa shape index (κ2) is 8.69. The third-order valence-corrected chi connectivity index (χ3v) is 5.68. The van der Waals surface area contributed by atoms with Crippen molar-refractivity contribution in [2.45, 2.75) is 38.5 Å². The maximum atomic E-state index is 13.0. The van der Waals surface area contributed by atoms with Crippen LogP contribution in [0.1, 0.15) is 42.9 Å². The predicted octanol–water partition coefficient (Wildman–Crippen LogP) is 3.71. The number of likely N-dealkylation sites (tertiary alicyclic amines) is 1. The van der Waals surface area contributed by atoms with E-state index in [9.17, 15) is 4.79 Å².